The van der Waals surface area contributed by atoms with Crippen LogP contribution in [0, 0.1) is 5.92 Å². The molecule has 254 valence electrons. The number of aromatic nitrogens is 4. The Morgan fingerprint density at radius 1 is 0.820 bits per heavy atom. The molecule has 0 aliphatic carbocycles. The molecular weight excluding hydrogens is 632 g/mol. The number of hydrogen-bond donors (Lipinski definition) is 2. The molecule has 1 aliphatic rings. The summed E-state index contributed by atoms with van der Waals surface area (Å²) in [5.41, 5.74) is 9.29. The van der Waals surface area contributed by atoms with Gasteiger partial charge in [0.1, 0.15) is 29.5 Å². The molecule has 1 amide bonds. The predicted octanol–water partition coefficient (Wildman–Crippen LogP) is 5.97. The van der Waals surface area contributed by atoms with Crippen LogP contribution in [-0.4, -0.2) is 58.4 Å². The summed E-state index contributed by atoms with van der Waals surface area (Å²) < 4.78 is 27.1. The van der Waals surface area contributed by atoms with Crippen molar-refractivity contribution in [1.29, 1.82) is 0 Å². The SMILES string of the molecule is COc1ccc(C(O[C@@H]2[C@H](C)C(CN)O[C@H]2n2cnc3c(NC(=O)c4ccccc4)ncnc32)(c2ccccc2)c2ccc(OC)cc2)cc1. The fraction of sp³-hybridized carbons (Fsp3) is 0.231. The third-order valence-corrected chi connectivity index (χ3v) is 9.32. The van der Waals surface area contributed by atoms with Gasteiger partial charge in [0.25, 0.3) is 5.91 Å². The number of nitrogens with two attached hydrogens (primary N) is 1. The average Bonchev–Trinajstić information content (AvgIpc) is 3.75. The molecular formula is C39H38N6O5. The quantitative estimate of drug-likeness (QED) is 0.160. The van der Waals surface area contributed by atoms with Crippen LogP contribution >= 0.6 is 0 Å². The van der Waals surface area contributed by atoms with Crippen molar-refractivity contribution < 1.29 is 23.7 Å². The first-order chi connectivity index (χ1) is 24.5. The van der Waals surface area contributed by atoms with Gasteiger partial charge in [0.05, 0.1) is 26.7 Å². The summed E-state index contributed by atoms with van der Waals surface area (Å²) in [6.45, 7) is 2.36. The van der Waals surface area contributed by atoms with Crippen molar-refractivity contribution in [1.82, 2.24) is 19.5 Å². The van der Waals surface area contributed by atoms with E-state index in [1.807, 2.05) is 77.4 Å². The third-order valence-electron chi connectivity index (χ3n) is 9.32. The molecule has 0 saturated carbocycles. The molecule has 3 heterocycles. The summed E-state index contributed by atoms with van der Waals surface area (Å²) in [4.78, 5) is 26.7. The molecule has 4 atom stereocenters. The highest BCUT2D eigenvalue weighted by Gasteiger charge is 2.50. The topological polar surface area (TPSA) is 136 Å². The number of nitrogens with one attached hydrogen (secondary N) is 1. The summed E-state index contributed by atoms with van der Waals surface area (Å²) in [5, 5.41) is 2.89. The Morgan fingerprint density at radius 2 is 1.40 bits per heavy atom. The van der Waals surface area contributed by atoms with Crippen molar-refractivity contribution in [3.05, 3.63) is 144 Å². The molecule has 0 bridgehead atoms. The van der Waals surface area contributed by atoms with Crippen LogP contribution in [0.25, 0.3) is 11.2 Å². The lowest BCUT2D eigenvalue weighted by atomic mass is 9.79. The molecule has 50 heavy (non-hydrogen) atoms. The van der Waals surface area contributed by atoms with E-state index in [-0.39, 0.29) is 30.3 Å². The number of nitrogens with zero attached hydrogens (tertiary/aromatic N) is 4. The molecule has 2 aromatic heterocycles. The molecule has 7 rings (SSSR count). The number of ether oxygens (including phenoxy) is 4. The number of benzene rings is 4. The van der Waals surface area contributed by atoms with E-state index in [2.05, 4.69) is 39.3 Å². The van der Waals surface area contributed by atoms with Crippen molar-refractivity contribution in [3.63, 3.8) is 0 Å². The minimum atomic E-state index is -1.11. The van der Waals surface area contributed by atoms with Crippen LogP contribution in [0.1, 0.15) is 40.2 Å². The van der Waals surface area contributed by atoms with Gasteiger partial charge in [0.2, 0.25) is 0 Å². The fourth-order valence-corrected chi connectivity index (χ4v) is 6.64. The molecule has 1 unspecified atom stereocenters. The van der Waals surface area contributed by atoms with Crippen molar-refractivity contribution in [3.8, 4) is 11.5 Å². The minimum absolute atomic E-state index is 0.152. The first kappa shape index (κ1) is 32.9. The average molecular weight is 671 g/mol. The van der Waals surface area contributed by atoms with Crippen LogP contribution in [0.15, 0.2) is 122 Å². The Kier molecular flexibility index (Phi) is 9.27. The lowest BCUT2D eigenvalue weighted by Crippen LogP contribution is -2.41. The molecule has 6 aromatic rings. The van der Waals surface area contributed by atoms with Gasteiger partial charge >= 0.3 is 0 Å². The summed E-state index contributed by atoms with van der Waals surface area (Å²) in [6.07, 6.45) is 1.48. The smallest absolute Gasteiger partial charge is 0.256 e. The monoisotopic (exact) mass is 670 g/mol. The maximum atomic E-state index is 13.1. The van der Waals surface area contributed by atoms with E-state index in [1.54, 1.807) is 44.8 Å². The van der Waals surface area contributed by atoms with Crippen LogP contribution in [0.2, 0.25) is 0 Å². The van der Waals surface area contributed by atoms with E-state index in [1.165, 1.54) is 6.33 Å². The summed E-state index contributed by atoms with van der Waals surface area (Å²) in [7, 11) is 3.29. The van der Waals surface area contributed by atoms with Gasteiger partial charge in [-0.3, -0.25) is 9.36 Å². The van der Waals surface area contributed by atoms with Gasteiger partial charge in [-0.15, -0.1) is 0 Å². The van der Waals surface area contributed by atoms with Crippen molar-refractivity contribution in [2.75, 3.05) is 26.1 Å². The van der Waals surface area contributed by atoms with Crippen LogP contribution in [0.4, 0.5) is 5.82 Å². The van der Waals surface area contributed by atoms with Gasteiger partial charge in [0, 0.05) is 18.0 Å². The molecule has 1 fully saturated rings. The fourth-order valence-electron chi connectivity index (χ4n) is 6.64. The zero-order valence-corrected chi connectivity index (χ0v) is 28.0. The number of rotatable bonds is 11. The Balaban J connectivity index is 1.35. The van der Waals surface area contributed by atoms with E-state index in [4.69, 9.17) is 24.7 Å². The molecule has 0 radical (unpaired) electrons. The van der Waals surface area contributed by atoms with Crippen LogP contribution in [0.5, 0.6) is 11.5 Å². The molecule has 0 spiro atoms. The number of hydrogen-bond acceptors (Lipinski definition) is 9. The normalized spacial score (nSPS) is 19.0. The second-order valence-electron chi connectivity index (χ2n) is 12.1. The standard InChI is InChI=1S/C39H38N6O5/c1-25-32(22-40)49-38(45-24-43-33-35(41-23-42-36(33)45)44-37(46)26-10-6-4-7-11-26)34(25)50-39(27-12-8-5-9-13-27,28-14-18-30(47-2)19-15-28)29-16-20-31(48-3)21-17-29/h4-21,23-25,32,34,38H,22,40H2,1-3H3,(H,41,42,44,46)/t25-,32?,34-,38-/m1/s1. The zero-order chi connectivity index (χ0) is 34.7. The Hall–Kier alpha value is -5.62. The van der Waals surface area contributed by atoms with E-state index in [9.17, 15) is 4.79 Å². The lowest BCUT2D eigenvalue weighted by Gasteiger charge is -2.40. The summed E-state index contributed by atoms with van der Waals surface area (Å²) in [6, 6.07) is 34.9. The van der Waals surface area contributed by atoms with Crippen LogP contribution < -0.4 is 20.5 Å². The van der Waals surface area contributed by atoms with Gasteiger partial charge in [-0.25, -0.2) is 15.0 Å². The number of carbonyl (C=O) groups excluding carboxylic acids is 1. The van der Waals surface area contributed by atoms with Gasteiger partial charge < -0.3 is 30.0 Å². The molecule has 4 aromatic carbocycles. The first-order valence-corrected chi connectivity index (χ1v) is 16.4. The molecule has 11 nitrogen and oxygen atoms in total. The van der Waals surface area contributed by atoms with E-state index < -0.39 is 17.9 Å². The number of carbonyl (C=O) groups is 1. The van der Waals surface area contributed by atoms with Crippen LogP contribution in [0.3, 0.4) is 0 Å². The van der Waals surface area contributed by atoms with E-state index in [0.717, 1.165) is 28.2 Å². The predicted molar refractivity (Wildman–Crippen MR) is 189 cm³/mol. The number of fused-ring (bicyclic) bond motifs is 1. The Bertz CT molecular complexity index is 2010. The van der Waals surface area contributed by atoms with Crippen molar-refractivity contribution >= 4 is 22.9 Å². The molecule has 1 aliphatic heterocycles. The van der Waals surface area contributed by atoms with Crippen LogP contribution in [-0.2, 0) is 15.1 Å². The van der Waals surface area contributed by atoms with Gasteiger partial charge in [-0.2, -0.15) is 0 Å². The zero-order valence-electron chi connectivity index (χ0n) is 28.0. The first-order valence-electron chi connectivity index (χ1n) is 16.4. The lowest BCUT2D eigenvalue weighted by molar-refractivity contribution is -0.111. The van der Waals surface area contributed by atoms with Gasteiger partial charge in [-0.1, -0.05) is 79.7 Å². The number of methoxy groups -OCH3 is 2. The molecule has 11 heteroatoms. The highest BCUT2D eigenvalue weighted by molar-refractivity contribution is 6.06. The number of anilines is 1. The maximum absolute atomic E-state index is 13.1. The molecule has 1 saturated heterocycles. The Labute approximate surface area is 290 Å². The summed E-state index contributed by atoms with van der Waals surface area (Å²) in [5.74, 6) is 1.28. The minimum Gasteiger partial charge on any atom is -0.497 e. The van der Waals surface area contributed by atoms with Crippen molar-refractivity contribution in [2.45, 2.75) is 31.0 Å². The maximum Gasteiger partial charge on any atom is 0.256 e. The largest absolute Gasteiger partial charge is 0.497 e. The Morgan fingerprint density at radius 3 is 1.98 bits per heavy atom. The highest BCUT2D eigenvalue weighted by Crippen LogP contribution is 2.48. The summed E-state index contributed by atoms with van der Waals surface area (Å²) >= 11 is 0. The number of imidazole rings is 1. The van der Waals surface area contributed by atoms with E-state index >= 15 is 0 Å². The van der Waals surface area contributed by atoms with Gasteiger partial charge in [0.15, 0.2) is 23.2 Å². The second-order valence-corrected chi connectivity index (χ2v) is 12.1. The number of amides is 1. The molecule has 3 N–H and O–H groups in total. The third kappa shape index (κ3) is 5.96. The highest BCUT2D eigenvalue weighted by atomic mass is 16.6. The van der Waals surface area contributed by atoms with Crippen molar-refractivity contribution in [2.24, 2.45) is 11.7 Å². The van der Waals surface area contributed by atoms with Gasteiger partial charge in [-0.05, 0) is 53.1 Å². The second kappa shape index (κ2) is 14.1. The van der Waals surface area contributed by atoms with E-state index in [0.29, 0.717) is 16.7 Å².